The minimum atomic E-state index is -0.470. The van der Waals surface area contributed by atoms with E-state index in [0.29, 0.717) is 16.8 Å². The van der Waals surface area contributed by atoms with Crippen LogP contribution in [0.1, 0.15) is 15.9 Å². The molecule has 0 aliphatic rings. The zero-order chi connectivity index (χ0) is 14.5. The number of rotatable bonds is 4. The van der Waals surface area contributed by atoms with Gasteiger partial charge in [0, 0.05) is 29.4 Å². The Hall–Kier alpha value is -2.89. The number of anilines is 1. The Balaban J connectivity index is 2.09. The van der Waals surface area contributed by atoms with Crippen molar-refractivity contribution >= 4 is 17.3 Å². The van der Waals surface area contributed by atoms with Gasteiger partial charge in [-0.25, -0.2) is 0 Å². The van der Waals surface area contributed by atoms with Crippen LogP contribution in [0.25, 0.3) is 0 Å². The second-order valence-electron chi connectivity index (χ2n) is 4.19. The van der Waals surface area contributed by atoms with Gasteiger partial charge in [-0.1, -0.05) is 24.3 Å². The van der Waals surface area contributed by atoms with Crippen molar-refractivity contribution in [3.63, 3.8) is 0 Å². The van der Waals surface area contributed by atoms with E-state index in [1.807, 2.05) is 0 Å². The molecule has 0 aromatic heterocycles. The van der Waals surface area contributed by atoms with Crippen molar-refractivity contribution in [1.29, 1.82) is 0 Å². The summed E-state index contributed by atoms with van der Waals surface area (Å²) >= 11 is 0. The molecule has 0 spiro atoms. The lowest BCUT2D eigenvalue weighted by molar-refractivity contribution is -0.385. The molecule has 0 saturated heterocycles. The summed E-state index contributed by atoms with van der Waals surface area (Å²) in [6.07, 6.45) is 0. The third kappa shape index (κ3) is 3.11. The molecule has 3 N–H and O–H groups in total. The van der Waals surface area contributed by atoms with Crippen LogP contribution in [0.3, 0.4) is 0 Å². The van der Waals surface area contributed by atoms with Gasteiger partial charge in [-0.05, 0) is 18.2 Å². The molecule has 0 fully saturated rings. The Morgan fingerprint density at radius 1 is 1.20 bits per heavy atom. The molecule has 0 aliphatic heterocycles. The van der Waals surface area contributed by atoms with E-state index in [1.54, 1.807) is 42.5 Å². The number of para-hydroxylation sites is 1. The number of nitrogens with one attached hydrogen (secondary N) is 1. The monoisotopic (exact) mass is 271 g/mol. The fraction of sp³-hybridized carbons (Fsp3) is 0.0714. The van der Waals surface area contributed by atoms with Crippen molar-refractivity contribution in [2.75, 3.05) is 5.73 Å². The third-order valence-electron chi connectivity index (χ3n) is 2.78. The van der Waals surface area contributed by atoms with E-state index in [-0.39, 0.29) is 18.1 Å². The van der Waals surface area contributed by atoms with E-state index in [0.717, 1.165) is 0 Å². The maximum Gasteiger partial charge on any atom is 0.274 e. The minimum absolute atomic E-state index is 0.0135. The standard InChI is InChI=1S/C14H13N3O3/c15-12-6-3-5-10(8-12)14(18)16-9-11-4-1-2-7-13(11)17(19)20/h1-8H,9,15H2,(H,16,18). The maximum absolute atomic E-state index is 11.9. The first-order valence-electron chi connectivity index (χ1n) is 5.94. The quantitative estimate of drug-likeness (QED) is 0.505. The van der Waals surface area contributed by atoms with Crippen molar-refractivity contribution in [1.82, 2.24) is 5.32 Å². The SMILES string of the molecule is Nc1cccc(C(=O)NCc2ccccc2[N+](=O)[O-])c1. The number of hydrogen-bond donors (Lipinski definition) is 2. The number of nitrogens with two attached hydrogens (primary N) is 1. The fourth-order valence-corrected chi connectivity index (χ4v) is 1.80. The van der Waals surface area contributed by atoms with Gasteiger partial charge in [0.15, 0.2) is 0 Å². The smallest absolute Gasteiger partial charge is 0.274 e. The second kappa shape index (κ2) is 5.83. The normalized spacial score (nSPS) is 10.0. The zero-order valence-electron chi connectivity index (χ0n) is 10.6. The van der Waals surface area contributed by atoms with Crippen LogP contribution in [-0.4, -0.2) is 10.8 Å². The Morgan fingerprint density at radius 2 is 1.95 bits per heavy atom. The topological polar surface area (TPSA) is 98.3 Å². The highest BCUT2D eigenvalue weighted by Crippen LogP contribution is 2.17. The van der Waals surface area contributed by atoms with Gasteiger partial charge in [0.2, 0.25) is 0 Å². The molecule has 6 heteroatoms. The average molecular weight is 271 g/mol. The Morgan fingerprint density at radius 3 is 2.65 bits per heavy atom. The van der Waals surface area contributed by atoms with Gasteiger partial charge in [-0.3, -0.25) is 14.9 Å². The van der Waals surface area contributed by atoms with Gasteiger partial charge >= 0.3 is 0 Å². The van der Waals surface area contributed by atoms with Crippen LogP contribution in [0.4, 0.5) is 11.4 Å². The zero-order valence-corrected chi connectivity index (χ0v) is 10.6. The predicted molar refractivity (Wildman–Crippen MR) is 75.1 cm³/mol. The lowest BCUT2D eigenvalue weighted by Crippen LogP contribution is -2.23. The summed E-state index contributed by atoms with van der Waals surface area (Å²) in [4.78, 5) is 22.3. The first-order chi connectivity index (χ1) is 9.58. The fourth-order valence-electron chi connectivity index (χ4n) is 1.80. The van der Waals surface area contributed by atoms with Gasteiger partial charge in [-0.15, -0.1) is 0 Å². The van der Waals surface area contributed by atoms with Crippen molar-refractivity contribution in [2.24, 2.45) is 0 Å². The Bertz CT molecular complexity index is 656. The van der Waals surface area contributed by atoms with Gasteiger partial charge in [-0.2, -0.15) is 0 Å². The summed E-state index contributed by atoms with van der Waals surface area (Å²) < 4.78 is 0. The molecule has 102 valence electrons. The van der Waals surface area contributed by atoms with Crippen LogP contribution in [0.2, 0.25) is 0 Å². The number of carbonyl (C=O) groups excluding carboxylic acids is 1. The molecule has 2 rings (SSSR count). The molecule has 6 nitrogen and oxygen atoms in total. The van der Waals surface area contributed by atoms with Crippen molar-refractivity contribution in [3.05, 3.63) is 69.8 Å². The van der Waals surface area contributed by atoms with Gasteiger partial charge < -0.3 is 11.1 Å². The van der Waals surface area contributed by atoms with Crippen molar-refractivity contribution in [3.8, 4) is 0 Å². The number of amides is 1. The van der Waals surface area contributed by atoms with E-state index in [2.05, 4.69) is 5.32 Å². The minimum Gasteiger partial charge on any atom is -0.399 e. The molecular formula is C14H13N3O3. The van der Waals surface area contributed by atoms with E-state index >= 15 is 0 Å². The molecule has 1 amide bonds. The van der Waals surface area contributed by atoms with Gasteiger partial charge in [0.25, 0.3) is 11.6 Å². The Kier molecular flexibility index (Phi) is 3.95. The predicted octanol–water partition coefficient (Wildman–Crippen LogP) is 2.11. The van der Waals surface area contributed by atoms with E-state index in [9.17, 15) is 14.9 Å². The number of benzene rings is 2. The summed E-state index contributed by atoms with van der Waals surface area (Å²) in [5.41, 5.74) is 6.95. The highest BCUT2D eigenvalue weighted by Gasteiger charge is 2.13. The molecule has 0 bridgehead atoms. The third-order valence-corrected chi connectivity index (χ3v) is 2.78. The average Bonchev–Trinajstić information content (AvgIpc) is 2.45. The number of nitrogens with zero attached hydrogens (tertiary/aromatic N) is 1. The molecule has 2 aromatic carbocycles. The lowest BCUT2D eigenvalue weighted by Gasteiger charge is -2.06. The number of nitrogen functional groups attached to an aromatic ring is 1. The highest BCUT2D eigenvalue weighted by atomic mass is 16.6. The number of nitro benzene ring substituents is 1. The Labute approximate surface area is 115 Å². The van der Waals surface area contributed by atoms with Crippen LogP contribution in [-0.2, 0) is 6.54 Å². The van der Waals surface area contributed by atoms with E-state index in [4.69, 9.17) is 5.73 Å². The summed E-state index contributed by atoms with van der Waals surface area (Å²) in [5.74, 6) is -0.324. The number of carbonyl (C=O) groups is 1. The molecule has 20 heavy (non-hydrogen) atoms. The number of nitro groups is 1. The highest BCUT2D eigenvalue weighted by molar-refractivity contribution is 5.94. The van der Waals surface area contributed by atoms with Gasteiger partial charge in [0.05, 0.1) is 4.92 Å². The molecule has 0 aliphatic carbocycles. The lowest BCUT2D eigenvalue weighted by atomic mass is 10.1. The van der Waals surface area contributed by atoms with Crippen molar-refractivity contribution in [2.45, 2.75) is 6.54 Å². The van der Waals surface area contributed by atoms with Gasteiger partial charge in [0.1, 0.15) is 0 Å². The molecule has 0 radical (unpaired) electrons. The summed E-state index contributed by atoms with van der Waals surface area (Å²) in [6.45, 7) is 0.0881. The molecular weight excluding hydrogens is 258 g/mol. The summed E-state index contributed by atoms with van der Waals surface area (Å²) in [5, 5.41) is 13.5. The molecule has 0 atom stereocenters. The van der Waals surface area contributed by atoms with Crippen LogP contribution < -0.4 is 11.1 Å². The largest absolute Gasteiger partial charge is 0.399 e. The van der Waals surface area contributed by atoms with Crippen LogP contribution >= 0.6 is 0 Å². The first-order valence-corrected chi connectivity index (χ1v) is 5.94. The van der Waals surface area contributed by atoms with E-state index < -0.39 is 4.92 Å². The number of hydrogen-bond acceptors (Lipinski definition) is 4. The van der Waals surface area contributed by atoms with E-state index in [1.165, 1.54) is 6.07 Å². The van der Waals surface area contributed by atoms with Crippen LogP contribution in [0.5, 0.6) is 0 Å². The van der Waals surface area contributed by atoms with Crippen molar-refractivity contribution < 1.29 is 9.72 Å². The summed E-state index contributed by atoms with van der Waals surface area (Å²) in [6, 6.07) is 12.8. The molecule has 0 heterocycles. The summed E-state index contributed by atoms with van der Waals surface area (Å²) in [7, 11) is 0. The molecule has 0 unspecified atom stereocenters. The second-order valence-corrected chi connectivity index (χ2v) is 4.19. The van der Waals surface area contributed by atoms with Crippen LogP contribution in [0, 0.1) is 10.1 Å². The molecule has 0 saturated carbocycles. The first kappa shape index (κ1) is 13.5. The molecule has 2 aromatic rings. The van der Waals surface area contributed by atoms with Crippen LogP contribution in [0.15, 0.2) is 48.5 Å². The maximum atomic E-state index is 11.9.